The third kappa shape index (κ3) is 4.84. The summed E-state index contributed by atoms with van der Waals surface area (Å²) in [5, 5.41) is 0. The first-order valence-corrected chi connectivity index (χ1v) is 12.1. The van der Waals surface area contributed by atoms with Crippen LogP contribution in [-0.4, -0.2) is 22.3 Å². The number of halogens is 3. The lowest BCUT2D eigenvalue weighted by Crippen LogP contribution is -2.47. The van der Waals surface area contributed by atoms with Crippen LogP contribution in [0.3, 0.4) is 0 Å². The molecule has 2 N–H and O–H groups in total. The van der Waals surface area contributed by atoms with Gasteiger partial charge in [-0.1, -0.05) is 37.5 Å². The molecule has 0 aliphatic heterocycles. The van der Waals surface area contributed by atoms with Gasteiger partial charge in [-0.05, 0) is 43.9 Å². The Balaban J connectivity index is 1.92. The molecule has 1 heterocycles. The van der Waals surface area contributed by atoms with Gasteiger partial charge in [0.2, 0.25) is 0 Å². The highest BCUT2D eigenvalue weighted by Crippen LogP contribution is 2.30. The van der Waals surface area contributed by atoms with Crippen molar-refractivity contribution in [1.82, 2.24) is 9.13 Å². The third-order valence-corrected chi connectivity index (χ3v) is 7.17. The number of rotatable bonds is 7. The van der Waals surface area contributed by atoms with Gasteiger partial charge >= 0.3 is 5.69 Å². The van der Waals surface area contributed by atoms with E-state index in [9.17, 15) is 18.4 Å². The molecule has 0 radical (unpaired) electrons. The maximum atomic E-state index is 15.3. The van der Waals surface area contributed by atoms with Crippen molar-refractivity contribution >= 4 is 0 Å². The summed E-state index contributed by atoms with van der Waals surface area (Å²) in [7, 11) is 1.30. The Morgan fingerprint density at radius 2 is 1.64 bits per heavy atom. The Kier molecular flexibility index (Phi) is 7.68. The van der Waals surface area contributed by atoms with Gasteiger partial charge in [-0.3, -0.25) is 13.9 Å². The molecule has 1 aliphatic rings. The van der Waals surface area contributed by atoms with E-state index >= 15 is 4.39 Å². The van der Waals surface area contributed by atoms with E-state index in [4.69, 9.17) is 10.5 Å². The van der Waals surface area contributed by atoms with Crippen molar-refractivity contribution < 1.29 is 17.9 Å². The predicted molar refractivity (Wildman–Crippen MR) is 132 cm³/mol. The Labute approximate surface area is 207 Å². The van der Waals surface area contributed by atoms with Crippen LogP contribution in [0.15, 0.2) is 46.0 Å². The minimum Gasteiger partial charge on any atom is -0.494 e. The first-order chi connectivity index (χ1) is 17.2. The molecular formula is C27H30F3N3O3. The first-order valence-electron chi connectivity index (χ1n) is 12.1. The number of hydrogen-bond acceptors (Lipinski definition) is 4. The average molecular weight is 502 g/mol. The van der Waals surface area contributed by atoms with E-state index in [-0.39, 0.29) is 40.6 Å². The molecule has 0 amide bonds. The molecule has 6 nitrogen and oxygen atoms in total. The molecule has 1 aromatic heterocycles. The molecule has 36 heavy (non-hydrogen) atoms. The lowest BCUT2D eigenvalue weighted by Gasteiger charge is -2.28. The Bertz CT molecular complexity index is 1360. The van der Waals surface area contributed by atoms with Gasteiger partial charge in [0.25, 0.3) is 5.56 Å². The van der Waals surface area contributed by atoms with Crippen LogP contribution in [0, 0.1) is 30.3 Å². The number of methoxy groups -OCH3 is 1. The second kappa shape index (κ2) is 10.7. The number of hydrogen-bond donors (Lipinski definition) is 1. The van der Waals surface area contributed by atoms with Crippen LogP contribution in [0.2, 0.25) is 0 Å². The minimum absolute atomic E-state index is 0.0698. The van der Waals surface area contributed by atoms with Crippen LogP contribution in [0.1, 0.15) is 43.4 Å². The molecule has 2 aromatic carbocycles. The van der Waals surface area contributed by atoms with E-state index < -0.39 is 41.3 Å². The second-order valence-corrected chi connectivity index (χ2v) is 9.33. The minimum atomic E-state index is -0.827. The summed E-state index contributed by atoms with van der Waals surface area (Å²) >= 11 is 0. The summed E-state index contributed by atoms with van der Waals surface area (Å²) in [4.78, 5) is 27.2. The van der Waals surface area contributed by atoms with E-state index in [1.54, 1.807) is 0 Å². The molecule has 192 valence electrons. The number of ether oxygens (including phenoxy) is 1. The van der Waals surface area contributed by atoms with Gasteiger partial charge in [-0.25, -0.2) is 18.0 Å². The maximum Gasteiger partial charge on any atom is 0.331 e. The van der Waals surface area contributed by atoms with Crippen LogP contribution in [-0.2, 0) is 13.1 Å². The van der Waals surface area contributed by atoms with Gasteiger partial charge < -0.3 is 10.5 Å². The largest absolute Gasteiger partial charge is 0.494 e. The third-order valence-electron chi connectivity index (χ3n) is 7.17. The van der Waals surface area contributed by atoms with Gasteiger partial charge in [0.1, 0.15) is 11.6 Å². The van der Waals surface area contributed by atoms with Crippen LogP contribution >= 0.6 is 0 Å². The average Bonchev–Trinajstić information content (AvgIpc) is 2.87. The molecule has 0 saturated heterocycles. The van der Waals surface area contributed by atoms with Crippen LogP contribution in [0.4, 0.5) is 13.2 Å². The van der Waals surface area contributed by atoms with Gasteiger partial charge in [0, 0.05) is 29.4 Å². The predicted octanol–water partition coefficient (Wildman–Crippen LogP) is 4.37. The van der Waals surface area contributed by atoms with Crippen molar-refractivity contribution in [2.45, 2.75) is 58.2 Å². The molecule has 0 unspecified atom stereocenters. The van der Waals surface area contributed by atoms with E-state index in [2.05, 4.69) is 0 Å². The number of nitrogens with two attached hydrogens (primary N) is 1. The van der Waals surface area contributed by atoms with Gasteiger partial charge in [0.15, 0.2) is 11.6 Å². The summed E-state index contributed by atoms with van der Waals surface area (Å²) in [6, 6.07) is 7.29. The smallest absolute Gasteiger partial charge is 0.331 e. The molecule has 1 saturated carbocycles. The summed E-state index contributed by atoms with van der Waals surface area (Å²) in [6.45, 7) is 0.906. The molecule has 4 rings (SSSR count). The van der Waals surface area contributed by atoms with Gasteiger partial charge in [0.05, 0.1) is 19.2 Å². The summed E-state index contributed by atoms with van der Waals surface area (Å²) in [5.41, 5.74) is 4.59. The summed E-state index contributed by atoms with van der Waals surface area (Å²) in [5.74, 6) is -2.36. The van der Waals surface area contributed by atoms with Crippen molar-refractivity contribution in [3.8, 4) is 16.9 Å². The fourth-order valence-corrected chi connectivity index (χ4v) is 5.08. The van der Waals surface area contributed by atoms with Crippen molar-refractivity contribution in [3.05, 3.63) is 85.9 Å². The van der Waals surface area contributed by atoms with Crippen molar-refractivity contribution in [1.29, 1.82) is 0 Å². The van der Waals surface area contributed by atoms with E-state index in [1.165, 1.54) is 38.3 Å². The Morgan fingerprint density at radius 3 is 2.28 bits per heavy atom. The van der Waals surface area contributed by atoms with Crippen LogP contribution in [0.5, 0.6) is 5.75 Å². The van der Waals surface area contributed by atoms with Gasteiger partial charge in [-0.15, -0.1) is 0 Å². The molecule has 9 heteroatoms. The molecule has 3 aromatic rings. The van der Waals surface area contributed by atoms with Crippen molar-refractivity contribution in [3.63, 3.8) is 0 Å². The number of benzene rings is 2. The van der Waals surface area contributed by atoms with E-state index in [1.807, 2.05) is 0 Å². The van der Waals surface area contributed by atoms with E-state index in [0.29, 0.717) is 0 Å². The molecule has 1 aliphatic carbocycles. The first kappa shape index (κ1) is 25.8. The fraction of sp³-hybridized carbons (Fsp3) is 0.407. The summed E-state index contributed by atoms with van der Waals surface area (Å²) < 4.78 is 51.4. The zero-order valence-corrected chi connectivity index (χ0v) is 20.4. The normalized spacial score (nSPS) is 15.2. The highest BCUT2D eigenvalue weighted by molar-refractivity contribution is 5.67. The zero-order valence-electron chi connectivity index (χ0n) is 20.4. The lowest BCUT2D eigenvalue weighted by atomic mass is 9.84. The lowest BCUT2D eigenvalue weighted by molar-refractivity contribution is 0.280. The Morgan fingerprint density at radius 1 is 1.00 bits per heavy atom. The number of aromatic nitrogens is 2. The topological polar surface area (TPSA) is 79.2 Å². The molecule has 0 bridgehead atoms. The zero-order chi connectivity index (χ0) is 26.0. The molecule has 1 fully saturated rings. The highest BCUT2D eigenvalue weighted by atomic mass is 19.1. The van der Waals surface area contributed by atoms with Crippen LogP contribution in [0.25, 0.3) is 11.1 Å². The monoisotopic (exact) mass is 501 g/mol. The van der Waals surface area contributed by atoms with Crippen LogP contribution < -0.4 is 21.7 Å². The van der Waals surface area contributed by atoms with E-state index in [0.717, 1.165) is 53.4 Å². The SMILES string of the molecule is COc1cccc(-c2c(C)n(Cc3c(F)cccc3F)c(=O)n(C[C@@H](N)C3CCCCC3)c2=O)c1F. The van der Waals surface area contributed by atoms with Crippen molar-refractivity contribution in [2.24, 2.45) is 11.7 Å². The highest BCUT2D eigenvalue weighted by Gasteiger charge is 2.26. The molecular weight excluding hydrogens is 471 g/mol. The fourth-order valence-electron chi connectivity index (χ4n) is 5.08. The standard InChI is InChI=1S/C27H30F3N3O3/c1-16-24(18-10-6-13-23(36-2)25(18)30)26(34)33(15-22(31)17-8-4-3-5-9-17)27(35)32(16)14-19-20(28)11-7-12-21(19)29/h6-7,10-13,17,22H,3-5,8-9,14-15,31H2,1-2H3/t22-/m1/s1. The maximum absolute atomic E-state index is 15.3. The summed E-state index contributed by atoms with van der Waals surface area (Å²) in [6.07, 6.45) is 4.96. The van der Waals surface area contributed by atoms with Crippen molar-refractivity contribution in [2.75, 3.05) is 7.11 Å². The molecule has 0 spiro atoms. The number of nitrogens with zero attached hydrogens (tertiary/aromatic N) is 2. The quantitative estimate of drug-likeness (QED) is 0.522. The molecule has 1 atom stereocenters. The van der Waals surface area contributed by atoms with Gasteiger partial charge in [-0.2, -0.15) is 0 Å². The second-order valence-electron chi connectivity index (χ2n) is 9.33. The Hall–Kier alpha value is -3.33.